The third-order valence-corrected chi connectivity index (χ3v) is 5.28. The summed E-state index contributed by atoms with van der Waals surface area (Å²) in [7, 11) is 0. The number of fused-ring (bicyclic) bond motifs is 1. The molecule has 1 aliphatic heterocycles. The number of ether oxygens (including phenoxy) is 2. The highest BCUT2D eigenvalue weighted by molar-refractivity contribution is 5.93. The van der Waals surface area contributed by atoms with Gasteiger partial charge in [0.2, 0.25) is 0 Å². The fourth-order valence-electron chi connectivity index (χ4n) is 4.39. The van der Waals surface area contributed by atoms with Gasteiger partial charge in [-0.3, -0.25) is 5.73 Å². The van der Waals surface area contributed by atoms with Gasteiger partial charge in [-0.05, 0) is 19.8 Å². The molecule has 0 aromatic heterocycles. The molecule has 0 bridgehead atoms. The number of hydrogen-bond donors (Lipinski definition) is 2. The van der Waals surface area contributed by atoms with Crippen LogP contribution in [0, 0.1) is 45.3 Å². The van der Waals surface area contributed by atoms with Gasteiger partial charge in [0.05, 0.1) is 25.4 Å². The molecule has 0 aromatic carbocycles. The van der Waals surface area contributed by atoms with Gasteiger partial charge >= 0.3 is 5.91 Å². The topological polar surface area (TPSA) is 106 Å². The van der Waals surface area contributed by atoms with Crippen LogP contribution < -0.4 is 10.7 Å². The molecular formula is C16H25N4O2+. The van der Waals surface area contributed by atoms with Crippen LogP contribution in [0.1, 0.15) is 40.5 Å². The van der Waals surface area contributed by atoms with Crippen LogP contribution in [0.25, 0.3) is 0 Å². The molecule has 1 saturated carbocycles. The average molecular weight is 305 g/mol. The van der Waals surface area contributed by atoms with Gasteiger partial charge in [0, 0.05) is 5.92 Å². The lowest BCUT2D eigenvalue weighted by Crippen LogP contribution is -2.91. The Morgan fingerprint density at radius 1 is 1.14 bits per heavy atom. The van der Waals surface area contributed by atoms with Gasteiger partial charge in [-0.1, -0.05) is 26.7 Å². The molecule has 120 valence electrons. The Balaban J connectivity index is 2.63. The molecule has 3 atom stereocenters. The first-order chi connectivity index (χ1) is 10.5. The van der Waals surface area contributed by atoms with Crippen molar-refractivity contribution in [3.05, 3.63) is 0 Å². The zero-order valence-corrected chi connectivity index (χ0v) is 13.8. The Hall–Kier alpha value is -1.63. The fourth-order valence-corrected chi connectivity index (χ4v) is 4.39. The van der Waals surface area contributed by atoms with Crippen LogP contribution in [0.5, 0.6) is 0 Å². The zero-order valence-electron chi connectivity index (χ0n) is 13.8. The summed E-state index contributed by atoms with van der Waals surface area (Å²) < 4.78 is 11.7. The molecule has 6 heteroatoms. The van der Waals surface area contributed by atoms with E-state index >= 15 is 0 Å². The van der Waals surface area contributed by atoms with Crippen molar-refractivity contribution in [3.8, 4) is 12.1 Å². The lowest BCUT2D eigenvalue weighted by molar-refractivity contribution is -0.694. The van der Waals surface area contributed by atoms with Crippen molar-refractivity contribution in [1.82, 2.24) is 0 Å². The largest absolute Gasteiger partial charge is 0.342 e. The number of nitriles is 2. The van der Waals surface area contributed by atoms with Gasteiger partial charge in [0.1, 0.15) is 0 Å². The maximum absolute atomic E-state index is 10.0. The van der Waals surface area contributed by atoms with E-state index in [1.165, 1.54) is 0 Å². The number of hydrogen-bond acceptors (Lipinski definition) is 5. The predicted molar refractivity (Wildman–Crippen MR) is 79.8 cm³/mol. The summed E-state index contributed by atoms with van der Waals surface area (Å²) in [6, 6.07) is 4.68. The van der Waals surface area contributed by atoms with Crippen molar-refractivity contribution < 1.29 is 14.5 Å². The second-order valence-electron chi connectivity index (χ2n) is 5.92. The van der Waals surface area contributed by atoms with E-state index in [0.717, 1.165) is 12.8 Å². The SMILES string of the molecule is CCOC1(OCC)[NH+]=C(N)[C@@]2(C#N)[C@@H](C(CC)CC)[C@@]12C#N. The normalized spacial score (nSPS) is 34.7. The lowest BCUT2D eigenvalue weighted by Gasteiger charge is -2.30. The Morgan fingerprint density at radius 2 is 1.68 bits per heavy atom. The number of amidine groups is 1. The van der Waals surface area contributed by atoms with E-state index in [0.29, 0.717) is 19.0 Å². The average Bonchev–Trinajstić information content (AvgIpc) is 3.07. The molecule has 2 rings (SSSR count). The van der Waals surface area contributed by atoms with E-state index in [9.17, 15) is 10.5 Å². The van der Waals surface area contributed by atoms with Crippen molar-refractivity contribution >= 4 is 5.84 Å². The van der Waals surface area contributed by atoms with E-state index in [1.54, 1.807) is 0 Å². The van der Waals surface area contributed by atoms with Crippen LogP contribution in [-0.2, 0) is 9.47 Å². The predicted octanol–water partition coefficient (Wildman–Crippen LogP) is 0.251. The monoisotopic (exact) mass is 305 g/mol. The summed E-state index contributed by atoms with van der Waals surface area (Å²) in [5, 5.41) is 19.9. The van der Waals surface area contributed by atoms with Crippen molar-refractivity contribution in [2.24, 2.45) is 28.4 Å². The Kier molecular flexibility index (Phi) is 4.21. The van der Waals surface area contributed by atoms with Crippen molar-refractivity contribution in [2.75, 3.05) is 13.2 Å². The molecule has 0 aromatic rings. The molecule has 0 unspecified atom stereocenters. The van der Waals surface area contributed by atoms with Crippen molar-refractivity contribution in [2.45, 2.75) is 46.4 Å². The van der Waals surface area contributed by atoms with Gasteiger partial charge in [0.25, 0.3) is 5.84 Å². The molecule has 0 saturated heterocycles. The molecule has 6 nitrogen and oxygen atoms in total. The van der Waals surface area contributed by atoms with E-state index < -0.39 is 16.7 Å². The Morgan fingerprint density at radius 3 is 2.05 bits per heavy atom. The van der Waals surface area contributed by atoms with E-state index in [1.807, 2.05) is 13.8 Å². The molecule has 0 amide bonds. The Bertz CT molecular complexity index is 551. The molecule has 1 aliphatic carbocycles. The van der Waals surface area contributed by atoms with E-state index in [2.05, 4.69) is 31.0 Å². The maximum atomic E-state index is 10.0. The molecule has 0 spiro atoms. The smallest absolute Gasteiger partial charge is 0.314 e. The lowest BCUT2D eigenvalue weighted by atomic mass is 9.89. The van der Waals surface area contributed by atoms with Gasteiger partial charge < -0.3 is 9.47 Å². The van der Waals surface area contributed by atoms with E-state index in [-0.39, 0.29) is 11.8 Å². The quantitative estimate of drug-likeness (QED) is 0.656. The fraction of sp³-hybridized carbons (Fsp3) is 0.812. The first-order valence-corrected chi connectivity index (χ1v) is 8.03. The highest BCUT2D eigenvalue weighted by Crippen LogP contribution is 2.77. The third-order valence-electron chi connectivity index (χ3n) is 5.28. The van der Waals surface area contributed by atoms with Crippen LogP contribution in [0.4, 0.5) is 0 Å². The molecule has 0 radical (unpaired) electrons. The highest BCUT2D eigenvalue weighted by Gasteiger charge is 2.97. The van der Waals surface area contributed by atoms with Crippen LogP contribution in [0.3, 0.4) is 0 Å². The number of nitrogens with zero attached hydrogens (tertiary/aromatic N) is 2. The Labute approximate surface area is 131 Å². The van der Waals surface area contributed by atoms with Crippen LogP contribution in [0.15, 0.2) is 0 Å². The van der Waals surface area contributed by atoms with Gasteiger partial charge in [-0.2, -0.15) is 10.5 Å². The van der Waals surface area contributed by atoms with Gasteiger partial charge in [-0.25, -0.2) is 4.99 Å². The molecule has 2 aliphatic rings. The highest BCUT2D eigenvalue weighted by atomic mass is 16.7. The number of nitrogens with two attached hydrogens (primary N) is 1. The molecule has 22 heavy (non-hydrogen) atoms. The van der Waals surface area contributed by atoms with Crippen molar-refractivity contribution in [3.63, 3.8) is 0 Å². The third kappa shape index (κ3) is 1.57. The minimum absolute atomic E-state index is 0.177. The summed E-state index contributed by atoms with van der Waals surface area (Å²) >= 11 is 0. The molecule has 3 N–H and O–H groups in total. The minimum atomic E-state index is -1.33. The minimum Gasteiger partial charge on any atom is -0.314 e. The second kappa shape index (κ2) is 5.53. The molecular weight excluding hydrogens is 280 g/mol. The van der Waals surface area contributed by atoms with Gasteiger partial charge in [-0.15, -0.1) is 0 Å². The van der Waals surface area contributed by atoms with Crippen LogP contribution in [-0.4, -0.2) is 25.0 Å². The first-order valence-electron chi connectivity index (χ1n) is 8.03. The summed E-state index contributed by atoms with van der Waals surface area (Å²) in [4.78, 5) is 2.99. The van der Waals surface area contributed by atoms with Crippen molar-refractivity contribution in [1.29, 1.82) is 10.5 Å². The number of rotatable bonds is 7. The second-order valence-corrected chi connectivity index (χ2v) is 5.92. The summed E-state index contributed by atoms with van der Waals surface area (Å²) in [5.41, 5.74) is 4.04. The number of nitrogens with one attached hydrogen (secondary N) is 1. The molecule has 1 fully saturated rings. The standard InChI is InChI=1S/C16H24N4O2/c1-5-11(6-2)12-14(9-17)13(19)20-16(21-7-3,22-8-4)15(12,14)10-18/h11-12H,5-8H2,1-4H3,(H2,19,20)/p+1/t12-,14-,15-/m1/s1. The summed E-state index contributed by atoms with van der Waals surface area (Å²) in [6.45, 7) is 8.55. The first kappa shape index (κ1) is 16.7. The summed E-state index contributed by atoms with van der Waals surface area (Å²) in [6.07, 6.45) is 1.77. The summed E-state index contributed by atoms with van der Waals surface area (Å²) in [5.74, 6) is -0.988. The zero-order chi connectivity index (χ0) is 16.6. The van der Waals surface area contributed by atoms with Gasteiger partial charge in [0.15, 0.2) is 10.8 Å². The van der Waals surface area contributed by atoms with E-state index in [4.69, 9.17) is 15.2 Å². The maximum Gasteiger partial charge on any atom is 0.342 e. The van der Waals surface area contributed by atoms with Crippen LogP contribution in [0.2, 0.25) is 0 Å². The molecule has 1 heterocycles. The van der Waals surface area contributed by atoms with Crippen LogP contribution >= 0.6 is 0 Å².